The number of guanidine groups is 1. The lowest BCUT2D eigenvalue weighted by molar-refractivity contribution is -0.384. The van der Waals surface area contributed by atoms with E-state index in [0.717, 1.165) is 30.9 Å². The van der Waals surface area contributed by atoms with E-state index in [1.54, 1.807) is 19.2 Å². The van der Waals surface area contributed by atoms with E-state index in [-0.39, 0.29) is 5.69 Å². The van der Waals surface area contributed by atoms with Gasteiger partial charge in [-0.15, -0.1) is 6.58 Å². The van der Waals surface area contributed by atoms with Crippen molar-refractivity contribution in [2.75, 3.05) is 20.6 Å². The number of non-ortho nitro benzene ring substituents is 1. The van der Waals surface area contributed by atoms with Gasteiger partial charge < -0.3 is 10.2 Å². The van der Waals surface area contributed by atoms with Crippen molar-refractivity contribution in [1.82, 2.24) is 10.2 Å². The van der Waals surface area contributed by atoms with E-state index >= 15 is 0 Å². The second kappa shape index (κ2) is 10.4. The zero-order valence-electron chi connectivity index (χ0n) is 14.0. The van der Waals surface area contributed by atoms with Crippen LogP contribution in [0, 0.1) is 10.1 Å². The molecule has 1 aromatic rings. The standard InChI is InChI=1S/C17H26N4O2/c1-4-5-6-7-8-13-20(3)17(18-2)19-14-15-9-11-16(12-10-15)21(22)23/h4,9-12H,1,5-8,13-14H2,2-3H3,(H,18,19). The number of allylic oxidation sites excluding steroid dienone is 1. The van der Waals surface area contributed by atoms with Gasteiger partial charge in [-0.05, 0) is 24.8 Å². The number of hydrogen-bond donors (Lipinski definition) is 1. The fraction of sp³-hybridized carbons (Fsp3) is 0.471. The number of hydrogen-bond acceptors (Lipinski definition) is 3. The topological polar surface area (TPSA) is 70.8 Å². The minimum absolute atomic E-state index is 0.106. The predicted octanol–water partition coefficient (Wildman–Crippen LogP) is 3.35. The van der Waals surface area contributed by atoms with Gasteiger partial charge >= 0.3 is 0 Å². The Morgan fingerprint density at radius 1 is 1.35 bits per heavy atom. The normalized spacial score (nSPS) is 11.1. The summed E-state index contributed by atoms with van der Waals surface area (Å²) in [5.74, 6) is 0.826. The molecule has 0 heterocycles. The molecule has 0 unspecified atom stereocenters. The first-order valence-corrected chi connectivity index (χ1v) is 7.84. The van der Waals surface area contributed by atoms with Crippen molar-refractivity contribution in [3.8, 4) is 0 Å². The molecule has 0 atom stereocenters. The van der Waals surface area contributed by atoms with Crippen LogP contribution in [-0.2, 0) is 6.54 Å². The number of nitrogens with one attached hydrogen (secondary N) is 1. The number of benzene rings is 1. The van der Waals surface area contributed by atoms with Gasteiger partial charge in [-0.25, -0.2) is 0 Å². The second-order valence-corrected chi connectivity index (χ2v) is 5.38. The molecular weight excluding hydrogens is 292 g/mol. The highest BCUT2D eigenvalue weighted by atomic mass is 16.6. The maximum atomic E-state index is 10.6. The molecule has 6 heteroatoms. The van der Waals surface area contributed by atoms with Crippen molar-refractivity contribution in [3.63, 3.8) is 0 Å². The third-order valence-corrected chi connectivity index (χ3v) is 3.57. The minimum atomic E-state index is -0.393. The number of nitro benzene ring substituents is 1. The Balaban J connectivity index is 2.40. The molecule has 0 aliphatic rings. The summed E-state index contributed by atoms with van der Waals surface area (Å²) in [5.41, 5.74) is 1.09. The average Bonchev–Trinajstić information content (AvgIpc) is 2.55. The summed E-state index contributed by atoms with van der Waals surface area (Å²) in [6, 6.07) is 6.55. The van der Waals surface area contributed by atoms with Crippen LogP contribution in [-0.4, -0.2) is 36.4 Å². The van der Waals surface area contributed by atoms with Crippen LogP contribution in [0.15, 0.2) is 41.9 Å². The summed E-state index contributed by atoms with van der Waals surface area (Å²) < 4.78 is 0. The summed E-state index contributed by atoms with van der Waals surface area (Å²) in [4.78, 5) is 16.6. The molecule has 0 spiro atoms. The lowest BCUT2D eigenvalue weighted by Crippen LogP contribution is -2.38. The molecule has 23 heavy (non-hydrogen) atoms. The fourth-order valence-electron chi connectivity index (χ4n) is 2.22. The molecule has 1 aromatic carbocycles. The van der Waals surface area contributed by atoms with Gasteiger partial charge in [-0.3, -0.25) is 15.1 Å². The zero-order chi connectivity index (χ0) is 17.1. The minimum Gasteiger partial charge on any atom is -0.352 e. The Kier molecular flexibility index (Phi) is 8.42. The van der Waals surface area contributed by atoms with Crippen LogP contribution in [0.3, 0.4) is 0 Å². The van der Waals surface area contributed by atoms with Crippen LogP contribution in [0.5, 0.6) is 0 Å². The highest BCUT2D eigenvalue weighted by molar-refractivity contribution is 5.79. The van der Waals surface area contributed by atoms with Gasteiger partial charge in [0.05, 0.1) is 4.92 Å². The van der Waals surface area contributed by atoms with E-state index in [2.05, 4.69) is 21.8 Å². The van der Waals surface area contributed by atoms with Crippen molar-refractivity contribution in [3.05, 3.63) is 52.6 Å². The lowest BCUT2D eigenvalue weighted by Gasteiger charge is -2.22. The third-order valence-electron chi connectivity index (χ3n) is 3.57. The molecule has 0 amide bonds. The summed E-state index contributed by atoms with van der Waals surface area (Å²) >= 11 is 0. The molecule has 0 saturated heterocycles. The van der Waals surface area contributed by atoms with Crippen LogP contribution in [0.25, 0.3) is 0 Å². The van der Waals surface area contributed by atoms with Crippen molar-refractivity contribution >= 4 is 11.6 Å². The van der Waals surface area contributed by atoms with Gasteiger partial charge in [0.1, 0.15) is 0 Å². The molecule has 1 N–H and O–H groups in total. The molecule has 6 nitrogen and oxygen atoms in total. The van der Waals surface area contributed by atoms with E-state index < -0.39 is 4.92 Å². The Morgan fingerprint density at radius 3 is 2.61 bits per heavy atom. The van der Waals surface area contributed by atoms with Crippen molar-refractivity contribution in [2.45, 2.75) is 32.2 Å². The molecule has 126 valence electrons. The van der Waals surface area contributed by atoms with Gasteiger partial charge in [0, 0.05) is 39.3 Å². The molecule has 0 bridgehead atoms. The molecule has 0 aliphatic heterocycles. The highest BCUT2D eigenvalue weighted by Crippen LogP contribution is 2.11. The number of rotatable bonds is 9. The first-order chi connectivity index (χ1) is 11.1. The van der Waals surface area contributed by atoms with Crippen LogP contribution in [0.2, 0.25) is 0 Å². The number of unbranched alkanes of at least 4 members (excludes halogenated alkanes) is 3. The van der Waals surface area contributed by atoms with E-state index in [1.807, 2.05) is 13.1 Å². The van der Waals surface area contributed by atoms with Crippen molar-refractivity contribution in [1.29, 1.82) is 0 Å². The van der Waals surface area contributed by atoms with Crippen LogP contribution >= 0.6 is 0 Å². The third kappa shape index (κ3) is 6.95. The van der Waals surface area contributed by atoms with Crippen molar-refractivity contribution < 1.29 is 4.92 Å². The fourth-order valence-corrected chi connectivity index (χ4v) is 2.22. The van der Waals surface area contributed by atoms with Gasteiger partial charge in [0.2, 0.25) is 0 Å². The van der Waals surface area contributed by atoms with Crippen LogP contribution < -0.4 is 5.32 Å². The molecular formula is C17H26N4O2. The molecule has 0 aromatic heterocycles. The highest BCUT2D eigenvalue weighted by Gasteiger charge is 2.07. The molecule has 0 fully saturated rings. The summed E-state index contributed by atoms with van der Waals surface area (Å²) in [6.45, 7) is 5.26. The Morgan fingerprint density at radius 2 is 2.04 bits per heavy atom. The lowest BCUT2D eigenvalue weighted by atomic mass is 10.2. The van der Waals surface area contributed by atoms with Crippen LogP contribution in [0.1, 0.15) is 31.2 Å². The van der Waals surface area contributed by atoms with Gasteiger partial charge in [-0.2, -0.15) is 0 Å². The van der Waals surface area contributed by atoms with Crippen molar-refractivity contribution in [2.24, 2.45) is 4.99 Å². The van der Waals surface area contributed by atoms with Gasteiger partial charge in [0.25, 0.3) is 5.69 Å². The molecule has 1 rings (SSSR count). The number of nitro groups is 1. The summed E-state index contributed by atoms with van der Waals surface area (Å²) in [6.07, 6.45) is 6.48. The first kappa shape index (κ1) is 18.7. The summed E-state index contributed by atoms with van der Waals surface area (Å²) in [5, 5.41) is 13.9. The van der Waals surface area contributed by atoms with E-state index in [0.29, 0.717) is 6.54 Å². The van der Waals surface area contributed by atoms with Gasteiger partial charge in [-0.1, -0.05) is 24.6 Å². The van der Waals surface area contributed by atoms with Gasteiger partial charge in [0.15, 0.2) is 5.96 Å². The van der Waals surface area contributed by atoms with E-state index in [9.17, 15) is 10.1 Å². The quantitative estimate of drug-likeness (QED) is 0.189. The Labute approximate surface area is 138 Å². The maximum Gasteiger partial charge on any atom is 0.269 e. The number of nitrogens with zero attached hydrogens (tertiary/aromatic N) is 3. The maximum absolute atomic E-state index is 10.6. The Bertz CT molecular complexity index is 526. The monoisotopic (exact) mass is 318 g/mol. The predicted molar refractivity (Wildman–Crippen MR) is 94.6 cm³/mol. The molecule has 0 aliphatic carbocycles. The summed E-state index contributed by atoms with van der Waals surface area (Å²) in [7, 11) is 3.77. The average molecular weight is 318 g/mol. The SMILES string of the molecule is C=CCCCCCN(C)C(=NC)NCc1ccc([N+](=O)[O-])cc1. The first-order valence-electron chi connectivity index (χ1n) is 7.84. The van der Waals surface area contributed by atoms with Crippen LogP contribution in [0.4, 0.5) is 5.69 Å². The number of aliphatic imine (C=N–C) groups is 1. The largest absolute Gasteiger partial charge is 0.352 e. The van der Waals surface area contributed by atoms with E-state index in [1.165, 1.54) is 25.0 Å². The Hall–Kier alpha value is -2.37. The zero-order valence-corrected chi connectivity index (χ0v) is 14.0. The smallest absolute Gasteiger partial charge is 0.269 e. The molecule has 0 saturated carbocycles. The molecule has 0 radical (unpaired) electrons. The second-order valence-electron chi connectivity index (χ2n) is 5.38. The van der Waals surface area contributed by atoms with E-state index in [4.69, 9.17) is 0 Å².